The number of hydrogen-bond acceptors (Lipinski definition) is 3. The first kappa shape index (κ1) is 17.3. The number of nitrogens with one attached hydrogen (secondary N) is 1. The first-order valence-corrected chi connectivity index (χ1v) is 8.32. The lowest BCUT2D eigenvalue weighted by Gasteiger charge is -2.26. The highest BCUT2D eigenvalue weighted by Crippen LogP contribution is 2.28. The molecule has 1 amide bonds. The number of carbonyl (C=O) groups is 2. The van der Waals surface area contributed by atoms with Crippen molar-refractivity contribution in [1.82, 2.24) is 5.32 Å². The molecule has 1 aliphatic carbocycles. The Bertz CT molecular complexity index is 497. The van der Waals surface area contributed by atoms with Gasteiger partial charge in [0, 0.05) is 6.04 Å². The number of benzene rings is 1. The van der Waals surface area contributed by atoms with Crippen LogP contribution < -0.4 is 5.32 Å². The topological polar surface area (TPSA) is 75.6 Å². The molecule has 0 bridgehead atoms. The van der Waals surface area contributed by atoms with Crippen LogP contribution in [0.2, 0.25) is 0 Å². The lowest BCUT2D eigenvalue weighted by atomic mass is 9.84. The number of carboxylic acid groups (broad SMARTS) is 1. The van der Waals surface area contributed by atoms with Crippen LogP contribution in [0.1, 0.15) is 50.5 Å². The van der Waals surface area contributed by atoms with Gasteiger partial charge in [-0.3, -0.25) is 4.79 Å². The molecule has 0 unspecified atom stereocenters. The molecule has 126 valence electrons. The summed E-state index contributed by atoms with van der Waals surface area (Å²) in [6, 6.07) is 9.06. The summed E-state index contributed by atoms with van der Waals surface area (Å²) in [5, 5.41) is 11.8. The zero-order valence-electron chi connectivity index (χ0n) is 13.4. The summed E-state index contributed by atoms with van der Waals surface area (Å²) in [6.07, 6.45) is 6.01. The van der Waals surface area contributed by atoms with Crippen molar-refractivity contribution in [1.29, 1.82) is 0 Å². The van der Waals surface area contributed by atoms with Crippen LogP contribution in [-0.2, 0) is 16.1 Å². The van der Waals surface area contributed by atoms with Crippen LogP contribution in [0.5, 0.6) is 0 Å². The predicted octanol–water partition coefficient (Wildman–Crippen LogP) is 3.73. The average molecular weight is 319 g/mol. The number of amides is 1. The molecule has 1 atom stereocenters. The normalized spacial score (nSPS) is 16.5. The van der Waals surface area contributed by atoms with E-state index in [9.17, 15) is 9.59 Å². The van der Waals surface area contributed by atoms with Crippen LogP contribution in [-0.4, -0.2) is 23.2 Å². The number of carboxylic acids is 1. The molecule has 0 aromatic heterocycles. The largest absolute Gasteiger partial charge is 0.481 e. The van der Waals surface area contributed by atoms with Crippen LogP contribution >= 0.6 is 0 Å². The summed E-state index contributed by atoms with van der Waals surface area (Å²) in [7, 11) is 0. The van der Waals surface area contributed by atoms with Gasteiger partial charge in [0.05, 0.1) is 6.42 Å². The number of hydrogen-bond donors (Lipinski definition) is 2. The van der Waals surface area contributed by atoms with Crippen LogP contribution in [0.3, 0.4) is 0 Å². The predicted molar refractivity (Wildman–Crippen MR) is 87.0 cm³/mol. The van der Waals surface area contributed by atoms with Gasteiger partial charge in [-0.1, -0.05) is 62.4 Å². The van der Waals surface area contributed by atoms with Gasteiger partial charge in [-0.25, -0.2) is 4.79 Å². The van der Waals surface area contributed by atoms with Gasteiger partial charge in [0.15, 0.2) is 0 Å². The summed E-state index contributed by atoms with van der Waals surface area (Å²) in [4.78, 5) is 22.9. The molecular formula is C18H25NO4. The van der Waals surface area contributed by atoms with Crippen molar-refractivity contribution in [2.24, 2.45) is 5.92 Å². The van der Waals surface area contributed by atoms with Gasteiger partial charge in [0.1, 0.15) is 6.61 Å². The molecule has 1 aliphatic rings. The highest BCUT2D eigenvalue weighted by Gasteiger charge is 2.22. The number of ether oxygens (including phenoxy) is 1. The van der Waals surface area contributed by atoms with E-state index in [-0.39, 0.29) is 19.1 Å². The minimum atomic E-state index is -0.894. The van der Waals surface area contributed by atoms with Gasteiger partial charge in [0.2, 0.25) is 0 Å². The van der Waals surface area contributed by atoms with E-state index in [1.807, 2.05) is 30.3 Å². The van der Waals surface area contributed by atoms with Crippen molar-refractivity contribution >= 4 is 12.1 Å². The Hall–Kier alpha value is -2.04. The van der Waals surface area contributed by atoms with Crippen molar-refractivity contribution in [3.63, 3.8) is 0 Å². The molecule has 1 aromatic rings. The Balaban J connectivity index is 1.80. The van der Waals surface area contributed by atoms with Gasteiger partial charge in [-0.05, 0) is 17.9 Å². The number of aliphatic carboxylic acids is 1. The molecule has 0 radical (unpaired) electrons. The molecule has 0 heterocycles. The maximum absolute atomic E-state index is 11.9. The first-order chi connectivity index (χ1) is 11.1. The molecular weight excluding hydrogens is 294 g/mol. The Morgan fingerprint density at radius 2 is 1.87 bits per heavy atom. The van der Waals surface area contributed by atoms with Gasteiger partial charge in [-0.15, -0.1) is 0 Å². The molecule has 2 N–H and O–H groups in total. The van der Waals surface area contributed by atoms with Crippen molar-refractivity contribution < 1.29 is 19.4 Å². The molecule has 1 fully saturated rings. The van der Waals surface area contributed by atoms with Crippen LogP contribution in [0.15, 0.2) is 30.3 Å². The van der Waals surface area contributed by atoms with E-state index in [0.29, 0.717) is 12.3 Å². The van der Waals surface area contributed by atoms with Crippen LogP contribution in [0.25, 0.3) is 0 Å². The van der Waals surface area contributed by atoms with E-state index >= 15 is 0 Å². The summed E-state index contributed by atoms with van der Waals surface area (Å²) in [6.45, 7) is 0.190. The minimum Gasteiger partial charge on any atom is -0.481 e. The second kappa shape index (κ2) is 9.18. The maximum Gasteiger partial charge on any atom is 0.407 e. The zero-order chi connectivity index (χ0) is 16.5. The summed E-state index contributed by atoms with van der Waals surface area (Å²) >= 11 is 0. The van der Waals surface area contributed by atoms with Gasteiger partial charge < -0.3 is 15.2 Å². The Morgan fingerprint density at radius 3 is 2.52 bits per heavy atom. The Morgan fingerprint density at radius 1 is 1.17 bits per heavy atom. The fourth-order valence-electron chi connectivity index (χ4n) is 3.16. The molecule has 0 saturated heterocycles. The maximum atomic E-state index is 11.9. The number of rotatable bonds is 7. The quantitative estimate of drug-likeness (QED) is 0.803. The zero-order valence-corrected chi connectivity index (χ0v) is 13.4. The van der Waals surface area contributed by atoms with Crippen molar-refractivity contribution in [2.45, 2.75) is 57.6 Å². The highest BCUT2D eigenvalue weighted by molar-refractivity contribution is 5.71. The van der Waals surface area contributed by atoms with Crippen molar-refractivity contribution in [3.05, 3.63) is 35.9 Å². The van der Waals surface area contributed by atoms with Gasteiger partial charge >= 0.3 is 12.1 Å². The second-order valence-electron chi connectivity index (χ2n) is 6.24. The smallest absolute Gasteiger partial charge is 0.407 e. The lowest BCUT2D eigenvalue weighted by Crippen LogP contribution is -2.38. The second-order valence-corrected chi connectivity index (χ2v) is 6.24. The van der Waals surface area contributed by atoms with E-state index in [4.69, 9.17) is 9.84 Å². The first-order valence-electron chi connectivity index (χ1n) is 8.32. The van der Waals surface area contributed by atoms with E-state index in [0.717, 1.165) is 18.4 Å². The molecule has 5 heteroatoms. The molecule has 0 aliphatic heterocycles. The van der Waals surface area contributed by atoms with E-state index in [2.05, 4.69) is 5.32 Å². The lowest BCUT2D eigenvalue weighted by molar-refractivity contribution is -0.137. The monoisotopic (exact) mass is 319 g/mol. The summed E-state index contributed by atoms with van der Waals surface area (Å²) in [5.74, 6) is -0.392. The third kappa shape index (κ3) is 6.72. The summed E-state index contributed by atoms with van der Waals surface area (Å²) < 4.78 is 5.19. The Labute approximate surface area is 137 Å². The third-order valence-electron chi connectivity index (χ3n) is 4.30. The summed E-state index contributed by atoms with van der Waals surface area (Å²) in [5.41, 5.74) is 0.907. The van der Waals surface area contributed by atoms with Crippen LogP contribution in [0.4, 0.5) is 4.79 Å². The van der Waals surface area contributed by atoms with E-state index in [1.165, 1.54) is 19.3 Å². The molecule has 5 nitrogen and oxygen atoms in total. The molecule has 1 aromatic carbocycles. The molecule has 0 spiro atoms. The molecule has 1 saturated carbocycles. The van der Waals surface area contributed by atoms with E-state index in [1.54, 1.807) is 0 Å². The van der Waals surface area contributed by atoms with Crippen molar-refractivity contribution in [2.75, 3.05) is 0 Å². The van der Waals surface area contributed by atoms with E-state index < -0.39 is 12.1 Å². The van der Waals surface area contributed by atoms with Gasteiger partial charge in [0.25, 0.3) is 0 Å². The number of alkyl carbamates (subject to hydrolysis) is 1. The van der Waals surface area contributed by atoms with Crippen molar-refractivity contribution in [3.8, 4) is 0 Å². The third-order valence-corrected chi connectivity index (χ3v) is 4.30. The molecule has 2 rings (SSSR count). The highest BCUT2D eigenvalue weighted by atomic mass is 16.5. The standard InChI is InChI=1S/C18H25NO4/c20-17(21)12-16(11-14-7-3-1-4-8-14)19-18(22)23-13-15-9-5-2-6-10-15/h2,5-6,9-10,14,16H,1,3-4,7-8,11-13H2,(H,19,22)(H,20,21)/t16-/m0/s1. The fourth-order valence-corrected chi connectivity index (χ4v) is 3.16. The van der Waals surface area contributed by atoms with Gasteiger partial charge in [-0.2, -0.15) is 0 Å². The minimum absolute atomic E-state index is 0.0586. The number of carbonyl (C=O) groups excluding carboxylic acids is 1. The Kier molecular flexibility index (Phi) is 6.91. The molecule has 23 heavy (non-hydrogen) atoms. The van der Waals surface area contributed by atoms with Crippen LogP contribution in [0, 0.1) is 5.92 Å². The average Bonchev–Trinajstić information content (AvgIpc) is 2.54. The fraction of sp³-hybridized carbons (Fsp3) is 0.556. The SMILES string of the molecule is O=C(O)C[C@H](CC1CCCCC1)NC(=O)OCc1ccccc1.